The first-order valence-corrected chi connectivity index (χ1v) is 17.8. The fraction of sp³-hybridized carbons (Fsp3) is 0.429. The summed E-state index contributed by atoms with van der Waals surface area (Å²) in [5.41, 5.74) is 6.12. The van der Waals surface area contributed by atoms with E-state index in [1.807, 2.05) is 55.5 Å². The molecule has 0 fully saturated rings. The van der Waals surface area contributed by atoms with Gasteiger partial charge in [-0.3, -0.25) is 4.79 Å². The first-order chi connectivity index (χ1) is 23.7. The van der Waals surface area contributed by atoms with Gasteiger partial charge in [-0.1, -0.05) is 58.1 Å². The number of allylic oxidation sites excluding steroid dienone is 8. The maximum Gasteiger partial charge on any atom is 0.335 e. The maximum atomic E-state index is 11.8. The van der Waals surface area contributed by atoms with Gasteiger partial charge in [-0.2, -0.15) is 4.58 Å². The van der Waals surface area contributed by atoms with Crippen LogP contribution in [-0.2, 0) is 20.4 Å². The molecule has 2 aliphatic rings. The third kappa shape index (κ3) is 8.52. The molecular formula is C42H53N2O6+. The lowest BCUT2D eigenvalue weighted by molar-refractivity contribution is -0.438. The van der Waals surface area contributed by atoms with Crippen LogP contribution < -0.4 is 4.90 Å². The lowest BCUT2D eigenvalue weighted by atomic mass is 9.81. The number of esters is 1. The molecule has 2 heterocycles. The van der Waals surface area contributed by atoms with Crippen LogP contribution in [0.25, 0.3) is 0 Å². The van der Waals surface area contributed by atoms with Crippen LogP contribution in [0, 0.1) is 5.92 Å². The van der Waals surface area contributed by atoms with Crippen LogP contribution in [0.2, 0.25) is 0 Å². The van der Waals surface area contributed by atoms with Gasteiger partial charge in [-0.05, 0) is 87.9 Å². The second-order valence-electron chi connectivity index (χ2n) is 14.5. The molecule has 0 aliphatic carbocycles. The Bertz CT molecular complexity index is 1750. The Morgan fingerprint density at radius 2 is 1.48 bits per heavy atom. The molecule has 2 aliphatic heterocycles. The van der Waals surface area contributed by atoms with Crippen molar-refractivity contribution in [3.8, 4) is 0 Å². The molecule has 2 N–H and O–H groups in total. The van der Waals surface area contributed by atoms with Gasteiger partial charge in [0.1, 0.15) is 6.54 Å². The van der Waals surface area contributed by atoms with Crippen LogP contribution in [0.3, 0.4) is 0 Å². The molecule has 0 spiro atoms. The average molecular weight is 682 g/mol. The molecule has 0 saturated carbocycles. The van der Waals surface area contributed by atoms with Gasteiger partial charge in [0, 0.05) is 53.9 Å². The van der Waals surface area contributed by atoms with E-state index in [1.165, 1.54) is 0 Å². The highest BCUT2D eigenvalue weighted by Gasteiger charge is 2.44. The summed E-state index contributed by atoms with van der Waals surface area (Å²) in [6, 6.07) is 10.8. The quantitative estimate of drug-likeness (QED) is 0.0788. The Morgan fingerprint density at radius 1 is 0.840 bits per heavy atom. The highest BCUT2D eigenvalue weighted by molar-refractivity contribution is 6.04. The zero-order valence-electron chi connectivity index (χ0n) is 30.7. The van der Waals surface area contributed by atoms with Gasteiger partial charge < -0.3 is 19.8 Å². The number of hydrogen-bond acceptors (Lipinski definition) is 5. The van der Waals surface area contributed by atoms with Crippen molar-refractivity contribution in [1.82, 2.24) is 0 Å². The van der Waals surface area contributed by atoms with Gasteiger partial charge in [0.05, 0.1) is 23.1 Å². The summed E-state index contributed by atoms with van der Waals surface area (Å²) in [5, 5.41) is 19.3. The number of hydrogen-bond donors (Lipinski definition) is 2. The number of ether oxygens (including phenoxy) is 1. The summed E-state index contributed by atoms with van der Waals surface area (Å²) in [4.78, 5) is 37.6. The predicted molar refractivity (Wildman–Crippen MR) is 200 cm³/mol. The number of nitrogens with zero attached hydrogens (tertiary/aromatic N) is 2. The van der Waals surface area contributed by atoms with Crippen molar-refractivity contribution in [2.24, 2.45) is 5.92 Å². The van der Waals surface area contributed by atoms with Crippen LogP contribution in [0.5, 0.6) is 0 Å². The lowest BCUT2D eigenvalue weighted by Gasteiger charge is -2.27. The number of anilines is 1. The van der Waals surface area contributed by atoms with Crippen molar-refractivity contribution in [3.63, 3.8) is 0 Å². The van der Waals surface area contributed by atoms with Crippen LogP contribution >= 0.6 is 0 Å². The van der Waals surface area contributed by atoms with Crippen LogP contribution in [0.15, 0.2) is 84.6 Å². The van der Waals surface area contributed by atoms with E-state index in [0.29, 0.717) is 24.5 Å². The molecule has 0 radical (unpaired) electrons. The van der Waals surface area contributed by atoms with E-state index in [2.05, 4.69) is 63.2 Å². The zero-order chi connectivity index (χ0) is 36.6. The number of benzene rings is 2. The smallest absolute Gasteiger partial charge is 0.335 e. The molecular weight excluding hydrogens is 628 g/mol. The van der Waals surface area contributed by atoms with Crippen molar-refractivity contribution in [1.29, 1.82) is 0 Å². The van der Waals surface area contributed by atoms with Gasteiger partial charge in [0.15, 0.2) is 5.71 Å². The number of rotatable bonds is 16. The molecule has 2 aromatic carbocycles. The Morgan fingerprint density at radius 3 is 2.14 bits per heavy atom. The third-order valence-corrected chi connectivity index (χ3v) is 9.73. The standard InChI is InChI=1S/C42H52N2O6/c1-8-50-38(45)19-15-12-16-25-43-34-22-20-30(39(46)47)27-32(34)41(4,5)36(43)17-13-10-9-11-14-18-37-42(6,7)33-28-31(40(48)49)21-23-35(33)44(37)26-24-29(2)3/h9-11,13-14,17-18,20-23,27-29H,8,12,15-16,19,24-26H2,1-7H3,(H-,46,47,48,49)/p+1. The Balaban J connectivity index is 1.54. The third-order valence-electron chi connectivity index (χ3n) is 9.73. The predicted octanol–water partition coefficient (Wildman–Crippen LogP) is 8.98. The monoisotopic (exact) mass is 681 g/mol. The minimum atomic E-state index is -0.944. The second kappa shape index (κ2) is 16.3. The number of aromatic carboxylic acids is 2. The van der Waals surface area contributed by atoms with Crippen LogP contribution in [-0.4, -0.2) is 58.1 Å². The summed E-state index contributed by atoms with van der Waals surface area (Å²) < 4.78 is 7.33. The molecule has 266 valence electrons. The highest BCUT2D eigenvalue weighted by Crippen LogP contribution is 2.48. The van der Waals surface area contributed by atoms with Crippen molar-refractivity contribution >= 4 is 35.0 Å². The van der Waals surface area contributed by atoms with E-state index >= 15 is 0 Å². The van der Waals surface area contributed by atoms with Crippen molar-refractivity contribution in [2.75, 3.05) is 24.6 Å². The molecule has 50 heavy (non-hydrogen) atoms. The summed E-state index contributed by atoms with van der Waals surface area (Å²) in [6.45, 7) is 16.8. The normalized spacial score (nSPS) is 17.1. The molecule has 2 aromatic rings. The summed E-state index contributed by atoms with van der Waals surface area (Å²) in [7, 11) is 0. The van der Waals surface area contributed by atoms with E-state index < -0.39 is 17.4 Å². The summed E-state index contributed by atoms with van der Waals surface area (Å²) >= 11 is 0. The molecule has 0 saturated heterocycles. The fourth-order valence-electron chi connectivity index (χ4n) is 6.92. The summed E-state index contributed by atoms with van der Waals surface area (Å²) in [6.07, 6.45) is 18.2. The fourth-order valence-corrected chi connectivity index (χ4v) is 6.92. The van der Waals surface area contributed by atoms with E-state index in [1.54, 1.807) is 18.2 Å². The van der Waals surface area contributed by atoms with E-state index in [-0.39, 0.29) is 16.9 Å². The molecule has 0 unspecified atom stereocenters. The van der Waals surface area contributed by atoms with E-state index in [0.717, 1.165) is 72.7 Å². The molecule has 0 amide bonds. The molecule has 8 heteroatoms. The first-order valence-electron chi connectivity index (χ1n) is 17.8. The van der Waals surface area contributed by atoms with Crippen LogP contribution in [0.1, 0.15) is 112 Å². The largest absolute Gasteiger partial charge is 0.478 e. The van der Waals surface area contributed by atoms with Gasteiger partial charge in [-0.15, -0.1) is 0 Å². The second-order valence-corrected chi connectivity index (χ2v) is 14.5. The molecule has 8 nitrogen and oxygen atoms in total. The molecule has 0 aromatic heterocycles. The van der Waals surface area contributed by atoms with Crippen molar-refractivity contribution < 1.29 is 33.9 Å². The molecule has 0 atom stereocenters. The minimum absolute atomic E-state index is 0.164. The van der Waals surface area contributed by atoms with E-state index in [4.69, 9.17) is 4.74 Å². The van der Waals surface area contributed by atoms with Gasteiger partial charge >= 0.3 is 17.9 Å². The van der Waals surface area contributed by atoms with Gasteiger partial charge in [-0.25, -0.2) is 9.59 Å². The molecule has 0 bridgehead atoms. The Hall–Kier alpha value is -4.72. The lowest BCUT2D eigenvalue weighted by Crippen LogP contribution is -2.28. The number of carboxylic acid groups (broad SMARTS) is 2. The van der Waals surface area contributed by atoms with Gasteiger partial charge in [0.2, 0.25) is 5.69 Å². The van der Waals surface area contributed by atoms with Crippen molar-refractivity contribution in [3.05, 3.63) is 107 Å². The number of unbranched alkanes of at least 4 members (excludes halogenated alkanes) is 2. The molecule has 4 rings (SSSR count). The van der Waals surface area contributed by atoms with Crippen molar-refractivity contribution in [2.45, 2.75) is 91.4 Å². The summed E-state index contributed by atoms with van der Waals surface area (Å²) in [5.74, 6) is -1.49. The minimum Gasteiger partial charge on any atom is -0.478 e. The Kier molecular flexibility index (Phi) is 12.4. The number of carboxylic acids is 2. The zero-order valence-corrected chi connectivity index (χ0v) is 30.7. The average Bonchev–Trinajstić information content (AvgIpc) is 3.40. The van der Waals surface area contributed by atoms with Crippen LogP contribution in [0.4, 0.5) is 11.4 Å². The first kappa shape index (κ1) is 38.1. The number of carbonyl (C=O) groups is 3. The maximum absolute atomic E-state index is 11.8. The van der Waals surface area contributed by atoms with E-state index in [9.17, 15) is 24.6 Å². The number of carbonyl (C=O) groups excluding carboxylic acids is 1. The highest BCUT2D eigenvalue weighted by atomic mass is 16.5. The Labute approximate surface area is 297 Å². The SMILES string of the molecule is CCOC(=O)CCCCC[N+]1=C(C=CC=CC=CC=C2N(CCC(C)C)c3ccc(C(=O)O)cc3C2(C)C)C(C)(C)c2cc(C(=O)O)ccc21. The van der Waals surface area contributed by atoms with Gasteiger partial charge in [0.25, 0.3) is 0 Å². The number of fused-ring (bicyclic) bond motifs is 2. The topological polar surface area (TPSA) is 107 Å².